The average molecular weight is 332 g/mol. The number of carbonyl (C=O) groups is 1. The van der Waals surface area contributed by atoms with Gasteiger partial charge >= 0.3 is 0 Å². The van der Waals surface area contributed by atoms with Crippen LogP contribution < -0.4 is 10.1 Å². The first kappa shape index (κ1) is 16.0. The number of ether oxygens (including phenoxy) is 1. The van der Waals surface area contributed by atoms with Gasteiger partial charge in [0.05, 0.1) is 24.1 Å². The Hall–Kier alpha value is -1.92. The van der Waals surface area contributed by atoms with Gasteiger partial charge in [-0.25, -0.2) is 4.98 Å². The summed E-state index contributed by atoms with van der Waals surface area (Å²) in [7, 11) is 1.57. The predicted molar refractivity (Wildman–Crippen MR) is 88.8 cm³/mol. The number of nitrogens with zero attached hydrogens (tertiary/aromatic N) is 1. The van der Waals surface area contributed by atoms with Crippen LogP contribution in [0, 0.1) is 12.8 Å². The van der Waals surface area contributed by atoms with Crippen LogP contribution >= 0.6 is 11.3 Å². The van der Waals surface area contributed by atoms with E-state index in [1.54, 1.807) is 19.4 Å². The summed E-state index contributed by atoms with van der Waals surface area (Å²) in [5.41, 5.74) is 0.935. The molecule has 1 fully saturated rings. The smallest absolute Gasteiger partial charge is 0.261 e. The maximum atomic E-state index is 12.5. The van der Waals surface area contributed by atoms with Gasteiger partial charge in [0, 0.05) is 17.1 Å². The molecule has 0 aromatic carbocycles. The third-order valence-electron chi connectivity index (χ3n) is 4.20. The molecule has 3 rings (SSSR count). The first-order chi connectivity index (χ1) is 11.1. The van der Waals surface area contributed by atoms with Crippen molar-refractivity contribution in [2.75, 3.05) is 7.11 Å². The Kier molecular flexibility index (Phi) is 4.63. The number of methoxy groups -OCH3 is 1. The van der Waals surface area contributed by atoms with Crippen LogP contribution in [0.3, 0.4) is 0 Å². The van der Waals surface area contributed by atoms with E-state index < -0.39 is 0 Å². The molecule has 2 heterocycles. The van der Waals surface area contributed by atoms with Crippen molar-refractivity contribution in [2.45, 2.75) is 31.9 Å². The van der Waals surface area contributed by atoms with E-state index in [0.29, 0.717) is 23.6 Å². The topological polar surface area (TPSA) is 71.5 Å². The lowest BCUT2D eigenvalue weighted by Gasteiger charge is -2.38. The lowest BCUT2D eigenvalue weighted by molar-refractivity contribution is 0.0235. The van der Waals surface area contributed by atoms with E-state index in [1.807, 2.05) is 25.1 Å². The molecule has 0 radical (unpaired) electrons. The second-order valence-corrected chi connectivity index (χ2v) is 7.17. The van der Waals surface area contributed by atoms with Crippen molar-refractivity contribution in [3.05, 3.63) is 45.8 Å². The summed E-state index contributed by atoms with van der Waals surface area (Å²) in [5, 5.41) is 12.7. The maximum absolute atomic E-state index is 12.5. The van der Waals surface area contributed by atoms with Crippen LogP contribution in [0.2, 0.25) is 0 Å². The predicted octanol–water partition coefficient (Wildman–Crippen LogP) is 2.70. The Labute approximate surface area is 139 Å². The number of hydrogen-bond acceptors (Lipinski definition) is 5. The number of aliphatic hydroxyl groups excluding tert-OH is 1. The van der Waals surface area contributed by atoms with Gasteiger partial charge in [0.1, 0.15) is 0 Å². The molecular weight excluding hydrogens is 312 g/mol. The molecule has 2 N–H and O–H groups in total. The molecule has 5 nitrogen and oxygen atoms in total. The van der Waals surface area contributed by atoms with Crippen LogP contribution in [0.5, 0.6) is 5.88 Å². The van der Waals surface area contributed by atoms with Crippen molar-refractivity contribution in [1.29, 1.82) is 0 Å². The highest BCUT2D eigenvalue weighted by Gasteiger charge is 2.36. The highest BCUT2D eigenvalue weighted by atomic mass is 32.1. The second kappa shape index (κ2) is 6.68. The molecule has 1 unspecified atom stereocenters. The van der Waals surface area contributed by atoms with Crippen molar-refractivity contribution in [1.82, 2.24) is 10.3 Å². The number of aryl methyl sites for hydroxylation is 1. The van der Waals surface area contributed by atoms with Gasteiger partial charge in [-0.05, 0) is 43.4 Å². The van der Waals surface area contributed by atoms with E-state index in [0.717, 1.165) is 10.4 Å². The minimum Gasteiger partial charge on any atom is -0.481 e. The Bertz CT molecular complexity index is 677. The molecule has 1 saturated carbocycles. The zero-order chi connectivity index (χ0) is 16.4. The van der Waals surface area contributed by atoms with E-state index in [4.69, 9.17) is 4.74 Å². The van der Waals surface area contributed by atoms with Gasteiger partial charge in [0.15, 0.2) is 0 Å². The van der Waals surface area contributed by atoms with E-state index in [2.05, 4.69) is 10.3 Å². The van der Waals surface area contributed by atoms with Gasteiger partial charge in [-0.1, -0.05) is 6.07 Å². The monoisotopic (exact) mass is 332 g/mol. The highest BCUT2D eigenvalue weighted by molar-refractivity contribution is 7.13. The molecule has 1 amide bonds. The number of amides is 1. The number of pyridine rings is 1. The largest absolute Gasteiger partial charge is 0.481 e. The number of rotatable bonds is 5. The van der Waals surface area contributed by atoms with Gasteiger partial charge in [-0.3, -0.25) is 4.79 Å². The molecule has 0 spiro atoms. The van der Waals surface area contributed by atoms with Gasteiger partial charge in [0.2, 0.25) is 5.88 Å². The van der Waals surface area contributed by atoms with Crippen LogP contribution in [-0.4, -0.2) is 29.2 Å². The molecule has 2 aromatic heterocycles. The minimum atomic E-state index is -0.269. The quantitative estimate of drug-likeness (QED) is 0.883. The molecule has 6 heteroatoms. The third kappa shape index (κ3) is 3.54. The molecule has 1 atom stereocenters. The van der Waals surface area contributed by atoms with Crippen LogP contribution in [0.15, 0.2) is 30.5 Å². The Morgan fingerprint density at radius 2 is 2.17 bits per heavy atom. The molecule has 23 heavy (non-hydrogen) atoms. The number of thiophene rings is 1. The van der Waals surface area contributed by atoms with Gasteiger partial charge in [0.25, 0.3) is 5.91 Å². The third-order valence-corrected chi connectivity index (χ3v) is 5.20. The van der Waals surface area contributed by atoms with E-state index >= 15 is 0 Å². The SMILES string of the molecule is COc1ccc(C(NC(=O)c2ccc(C)s2)C2CC(O)C2)cn1. The fourth-order valence-electron chi connectivity index (χ4n) is 2.84. The van der Waals surface area contributed by atoms with E-state index in [-0.39, 0.29) is 24.0 Å². The zero-order valence-electron chi connectivity index (χ0n) is 13.2. The van der Waals surface area contributed by atoms with Gasteiger partial charge in [-0.15, -0.1) is 11.3 Å². The van der Waals surface area contributed by atoms with Crippen LogP contribution in [-0.2, 0) is 0 Å². The standard InChI is InChI=1S/C17H20N2O3S/c1-10-3-5-14(23-10)17(21)19-16(12-7-13(20)8-12)11-4-6-15(22-2)18-9-11/h3-6,9,12-13,16,20H,7-8H2,1-2H3,(H,19,21). The Morgan fingerprint density at radius 3 is 2.70 bits per heavy atom. The lowest BCUT2D eigenvalue weighted by atomic mass is 9.75. The first-order valence-electron chi connectivity index (χ1n) is 7.62. The Balaban J connectivity index is 1.79. The summed E-state index contributed by atoms with van der Waals surface area (Å²) < 4.78 is 5.08. The number of nitrogens with one attached hydrogen (secondary N) is 1. The normalized spacial score (nSPS) is 21.3. The van der Waals surface area contributed by atoms with Crippen LogP contribution in [0.1, 0.15) is 39.0 Å². The fourth-order valence-corrected chi connectivity index (χ4v) is 3.61. The van der Waals surface area contributed by atoms with Crippen molar-refractivity contribution < 1.29 is 14.6 Å². The number of aromatic nitrogens is 1. The summed E-state index contributed by atoms with van der Waals surface area (Å²) in [6.45, 7) is 1.98. The second-order valence-electron chi connectivity index (χ2n) is 5.88. The summed E-state index contributed by atoms with van der Waals surface area (Å²) in [6.07, 6.45) is 2.85. The van der Waals surface area contributed by atoms with Crippen LogP contribution in [0.25, 0.3) is 0 Å². The molecule has 0 bridgehead atoms. The van der Waals surface area contributed by atoms with Crippen LogP contribution in [0.4, 0.5) is 0 Å². The summed E-state index contributed by atoms with van der Waals surface area (Å²) >= 11 is 1.48. The fraction of sp³-hybridized carbons (Fsp3) is 0.412. The van der Waals surface area contributed by atoms with Crippen molar-refractivity contribution in [2.24, 2.45) is 5.92 Å². The summed E-state index contributed by atoms with van der Waals surface area (Å²) in [4.78, 5) is 18.5. The van der Waals surface area contributed by atoms with Crippen molar-refractivity contribution >= 4 is 17.2 Å². The van der Waals surface area contributed by atoms with Crippen molar-refractivity contribution in [3.63, 3.8) is 0 Å². The van der Waals surface area contributed by atoms with E-state index in [9.17, 15) is 9.90 Å². The summed E-state index contributed by atoms with van der Waals surface area (Å²) in [5.74, 6) is 0.692. The molecule has 122 valence electrons. The molecular formula is C17H20N2O3S. The Morgan fingerprint density at radius 1 is 1.39 bits per heavy atom. The number of carbonyl (C=O) groups excluding carboxylic acids is 1. The van der Waals surface area contributed by atoms with Gasteiger partial charge < -0.3 is 15.2 Å². The van der Waals surface area contributed by atoms with E-state index in [1.165, 1.54) is 11.3 Å². The highest BCUT2D eigenvalue weighted by Crippen LogP contribution is 2.38. The molecule has 1 aliphatic carbocycles. The average Bonchev–Trinajstić information content (AvgIpc) is 2.96. The number of hydrogen-bond donors (Lipinski definition) is 2. The maximum Gasteiger partial charge on any atom is 0.261 e. The molecule has 1 aliphatic rings. The van der Waals surface area contributed by atoms with Gasteiger partial charge in [-0.2, -0.15) is 0 Å². The first-order valence-corrected chi connectivity index (χ1v) is 8.43. The zero-order valence-corrected chi connectivity index (χ0v) is 14.0. The van der Waals surface area contributed by atoms with Crippen molar-refractivity contribution in [3.8, 4) is 5.88 Å². The molecule has 0 saturated heterocycles. The summed E-state index contributed by atoms with van der Waals surface area (Å²) in [6, 6.07) is 7.34. The molecule has 2 aromatic rings. The number of aliphatic hydroxyl groups is 1. The lowest BCUT2D eigenvalue weighted by Crippen LogP contribution is -2.41. The molecule has 0 aliphatic heterocycles. The minimum absolute atomic E-state index is 0.0784.